The van der Waals surface area contributed by atoms with E-state index in [9.17, 15) is 69.6 Å². The number of aliphatic carboxylic acids is 5. The smallest absolute Gasteiger partial charge is 0.317 e. The average Bonchev–Trinajstić information content (AvgIpc) is 3.78. The zero-order valence-corrected chi connectivity index (χ0v) is 39.5. The van der Waals surface area contributed by atoms with Crippen LogP contribution in [0.4, 0.5) is 5.69 Å². The topological polar surface area (TPSA) is 348 Å². The van der Waals surface area contributed by atoms with Crippen molar-refractivity contribution >= 4 is 41.4 Å². The molecule has 3 aromatic rings. The van der Waals surface area contributed by atoms with E-state index in [4.69, 9.17) is 0 Å². The van der Waals surface area contributed by atoms with Crippen molar-refractivity contribution in [1.29, 1.82) is 0 Å². The number of hydrogen-bond acceptors (Lipinski definition) is 18. The number of nitrogens with one attached hydrogen (secondary N) is 4. The van der Waals surface area contributed by atoms with Crippen LogP contribution in [-0.4, -0.2) is 232 Å². The summed E-state index contributed by atoms with van der Waals surface area (Å²) in [5.74, 6) is -5.61. The Bertz CT molecular complexity index is 2160. The van der Waals surface area contributed by atoms with Gasteiger partial charge in [0.25, 0.3) is 0 Å². The number of H-pyrrole nitrogens is 1. The number of carboxylic acids is 5. The van der Waals surface area contributed by atoms with Gasteiger partial charge in [-0.3, -0.25) is 63.9 Å². The summed E-state index contributed by atoms with van der Waals surface area (Å²) in [6.45, 7) is 1.26. The number of aliphatic hydroxyl groups excluding tert-OH is 3. The summed E-state index contributed by atoms with van der Waals surface area (Å²) in [6.07, 6.45) is -1.66. The van der Waals surface area contributed by atoms with Gasteiger partial charge in [-0.15, -0.1) is 0 Å². The van der Waals surface area contributed by atoms with Gasteiger partial charge in [-0.05, 0) is 41.8 Å². The number of carbonyl (C=O) groups is 6. The maximum atomic E-state index is 13.9. The molecule has 2 aliphatic rings. The van der Waals surface area contributed by atoms with Crippen molar-refractivity contribution in [2.75, 3.05) is 96.9 Å². The van der Waals surface area contributed by atoms with Crippen LogP contribution >= 0.6 is 0 Å². The van der Waals surface area contributed by atoms with E-state index in [0.717, 1.165) is 5.56 Å². The summed E-state index contributed by atoms with van der Waals surface area (Å²) in [5, 5.41) is 91.0. The second kappa shape index (κ2) is 28.0. The van der Waals surface area contributed by atoms with E-state index in [1.165, 1.54) is 4.90 Å². The number of carbonyl (C=O) groups excluding carboxylic acids is 1. The Morgan fingerprint density at radius 3 is 1.87 bits per heavy atom. The summed E-state index contributed by atoms with van der Waals surface area (Å²) >= 11 is 0. The number of fused-ring (bicyclic) bond motifs is 1. The minimum atomic E-state index is -1.52. The van der Waals surface area contributed by atoms with Crippen molar-refractivity contribution in [2.45, 2.75) is 69.7 Å². The van der Waals surface area contributed by atoms with Gasteiger partial charge in [0, 0.05) is 96.6 Å². The number of aromatic amines is 1. The van der Waals surface area contributed by atoms with Gasteiger partial charge in [0.2, 0.25) is 5.91 Å². The van der Waals surface area contributed by atoms with Crippen molar-refractivity contribution in [1.82, 2.24) is 50.0 Å². The van der Waals surface area contributed by atoms with Crippen LogP contribution < -0.4 is 16.0 Å². The summed E-state index contributed by atoms with van der Waals surface area (Å²) in [7, 11) is 0. The standard InChI is InChI=1S/C46H67N11O14/c58-38(27-52-13-15-53(28-41(63)64)17-19-55(30-43(67)68)20-18-54(16-14-52)29-42(65)66)51-35(22-39(59)60)44(69)49-9-4-12-56-25-33-21-32(7-8-34(33)50-36(46(56)71)23-40(61)62)45(70)57(26-37-47-10-11-48-37)24-31-5-2-1-3-6-31/h1-3,5-8,10-11,21,35-36,38,44-45,49-51,58,69-70H,4,9,12-20,22-30H2,(H,47,48)(H,59,60)(H,61,62)(H,63,64)(H,65,66)(H,67,68)/t35-,36-,38-,44-,45-/m0/s1. The number of amides is 1. The number of β-amino-alcohol motifs (C(OH)–C–C–N with tert-alkyl or cyclic N) is 1. The molecule has 2 aliphatic heterocycles. The minimum Gasteiger partial charge on any atom is -0.481 e. The van der Waals surface area contributed by atoms with Gasteiger partial charge >= 0.3 is 29.8 Å². The second-order valence-electron chi connectivity index (χ2n) is 17.7. The number of hydrogen-bond donors (Lipinski definition) is 12. The molecule has 0 spiro atoms. The highest BCUT2D eigenvalue weighted by atomic mass is 16.4. The number of aliphatic hydroxyl groups is 3. The van der Waals surface area contributed by atoms with Crippen molar-refractivity contribution < 1.29 is 69.6 Å². The monoisotopic (exact) mass is 997 g/mol. The summed E-state index contributed by atoms with van der Waals surface area (Å²) < 4.78 is 0. The molecule has 0 bridgehead atoms. The minimum absolute atomic E-state index is 0.0501. The number of nitrogens with zero attached hydrogens (tertiary/aromatic N) is 7. The first-order valence-corrected chi connectivity index (χ1v) is 23.4. The molecule has 71 heavy (non-hydrogen) atoms. The zero-order chi connectivity index (χ0) is 51.5. The first-order valence-electron chi connectivity index (χ1n) is 23.4. The van der Waals surface area contributed by atoms with Crippen molar-refractivity contribution in [3.05, 3.63) is 83.4 Å². The van der Waals surface area contributed by atoms with Crippen LogP contribution in [0.25, 0.3) is 0 Å². The summed E-state index contributed by atoms with van der Waals surface area (Å²) in [4.78, 5) is 90.0. The molecule has 25 heteroatoms. The molecule has 25 nitrogen and oxygen atoms in total. The van der Waals surface area contributed by atoms with Gasteiger partial charge in [-0.25, -0.2) is 4.98 Å². The predicted molar refractivity (Wildman–Crippen MR) is 253 cm³/mol. The number of benzene rings is 2. The lowest BCUT2D eigenvalue weighted by molar-refractivity contribution is -0.141. The molecule has 0 aliphatic carbocycles. The maximum Gasteiger partial charge on any atom is 0.317 e. The number of aromatic nitrogens is 2. The Balaban J connectivity index is 1.23. The molecule has 5 atom stereocenters. The molecular weight excluding hydrogens is 931 g/mol. The largest absolute Gasteiger partial charge is 0.481 e. The number of imidazole rings is 1. The van der Waals surface area contributed by atoms with Crippen molar-refractivity contribution in [3.63, 3.8) is 0 Å². The first-order chi connectivity index (χ1) is 33.9. The zero-order valence-electron chi connectivity index (χ0n) is 39.5. The van der Waals surface area contributed by atoms with Crippen LogP contribution in [0.15, 0.2) is 60.9 Å². The fourth-order valence-corrected chi connectivity index (χ4v) is 8.60. The molecule has 2 aromatic carbocycles. The Labute approximate surface area is 410 Å². The van der Waals surface area contributed by atoms with Gasteiger partial charge in [0.15, 0.2) is 0 Å². The van der Waals surface area contributed by atoms with Gasteiger partial charge < -0.3 is 56.1 Å². The van der Waals surface area contributed by atoms with Crippen molar-refractivity contribution in [2.24, 2.45) is 0 Å². The normalized spacial score (nSPS) is 18.8. The maximum absolute atomic E-state index is 13.9. The lowest BCUT2D eigenvalue weighted by atomic mass is 10.1. The fourth-order valence-electron chi connectivity index (χ4n) is 8.60. The van der Waals surface area contributed by atoms with E-state index >= 15 is 0 Å². The fraction of sp³-hybridized carbons (Fsp3) is 0.543. The van der Waals surface area contributed by atoms with Crippen LogP contribution in [0, 0.1) is 0 Å². The van der Waals surface area contributed by atoms with Crippen LogP contribution in [0.1, 0.15) is 48.0 Å². The third-order valence-corrected chi connectivity index (χ3v) is 12.2. The third-order valence-electron chi connectivity index (χ3n) is 12.2. The highest BCUT2D eigenvalue weighted by Gasteiger charge is 2.32. The molecule has 1 amide bonds. The van der Waals surface area contributed by atoms with Crippen molar-refractivity contribution in [3.8, 4) is 0 Å². The van der Waals surface area contributed by atoms with E-state index in [0.29, 0.717) is 29.2 Å². The summed E-state index contributed by atoms with van der Waals surface area (Å²) in [6, 6.07) is 12.4. The van der Waals surface area contributed by atoms with Gasteiger partial charge in [-0.2, -0.15) is 0 Å². The molecular formula is C46H67N11O14. The molecule has 390 valence electrons. The Hall–Kier alpha value is -6.13. The Kier molecular flexibility index (Phi) is 22.0. The molecule has 1 saturated heterocycles. The van der Waals surface area contributed by atoms with Gasteiger partial charge in [-0.1, -0.05) is 36.4 Å². The Morgan fingerprint density at radius 1 is 0.746 bits per heavy atom. The number of anilines is 1. The van der Waals surface area contributed by atoms with E-state index in [1.54, 1.807) is 50.2 Å². The summed E-state index contributed by atoms with van der Waals surface area (Å²) in [5.41, 5.74) is 2.62. The molecule has 5 rings (SSSR count). The molecule has 1 aromatic heterocycles. The average molecular weight is 998 g/mol. The SMILES string of the molecule is O=C(O)C[C@@H]1Nc2ccc([C@H](O)N(Cc3ccccc3)Cc3ncc[nH]3)cc2CN(CCCN[C@@H](O)[C@H](CC(=O)O)N[C@@H](O)CN2CCN(CC(=O)O)CCN(CC(=O)O)CCN(CC(=O)O)CC2)C1=O. The van der Waals surface area contributed by atoms with Gasteiger partial charge in [0.1, 0.15) is 30.5 Å². The molecule has 0 unspecified atom stereocenters. The predicted octanol–water partition coefficient (Wildman–Crippen LogP) is -1.77. The molecule has 1 fully saturated rings. The molecule has 3 heterocycles. The first kappa shape index (κ1) is 55.8. The lowest BCUT2D eigenvalue weighted by Crippen LogP contribution is -2.56. The van der Waals surface area contributed by atoms with Gasteiger partial charge in [0.05, 0.1) is 45.1 Å². The Morgan fingerprint density at radius 2 is 1.34 bits per heavy atom. The van der Waals surface area contributed by atoms with E-state index in [-0.39, 0.29) is 111 Å². The number of rotatable bonds is 26. The van der Waals surface area contributed by atoms with Crippen LogP contribution in [-0.2, 0) is 48.4 Å². The van der Waals surface area contributed by atoms with Crippen LogP contribution in [0.2, 0.25) is 0 Å². The van der Waals surface area contributed by atoms with E-state index < -0.39 is 79.4 Å². The quantitative estimate of drug-likeness (QED) is 0.0313. The molecule has 12 N–H and O–H groups in total. The van der Waals surface area contributed by atoms with E-state index in [2.05, 4.69) is 25.9 Å². The molecule has 0 saturated carbocycles. The van der Waals surface area contributed by atoms with Crippen LogP contribution in [0.3, 0.4) is 0 Å². The molecule has 0 radical (unpaired) electrons. The van der Waals surface area contributed by atoms with Crippen LogP contribution in [0.5, 0.6) is 0 Å². The van der Waals surface area contributed by atoms with E-state index in [1.807, 2.05) is 35.2 Å². The highest BCUT2D eigenvalue weighted by molar-refractivity contribution is 5.90. The number of carboxylic acid groups (broad SMARTS) is 5. The highest BCUT2D eigenvalue weighted by Crippen LogP contribution is 2.30. The third kappa shape index (κ3) is 19.2. The lowest BCUT2D eigenvalue weighted by Gasteiger charge is -2.34. The second-order valence-corrected chi connectivity index (χ2v) is 17.7.